The Balaban J connectivity index is 2.50. The van der Waals surface area contributed by atoms with Crippen molar-refractivity contribution in [1.29, 1.82) is 0 Å². The molecule has 19 heavy (non-hydrogen) atoms. The summed E-state index contributed by atoms with van der Waals surface area (Å²) in [5, 5.41) is 18.6. The Bertz CT molecular complexity index is 455. The molecule has 0 fully saturated rings. The topological polar surface area (TPSA) is 123 Å². The van der Waals surface area contributed by atoms with Gasteiger partial charge in [-0.05, 0) is 13.3 Å². The van der Waals surface area contributed by atoms with Crippen LogP contribution in [0.1, 0.15) is 32.4 Å². The number of hydrogen-bond donors (Lipinski definition) is 3. The highest BCUT2D eigenvalue weighted by atomic mass is 16.4. The van der Waals surface area contributed by atoms with E-state index < -0.39 is 11.5 Å². The van der Waals surface area contributed by atoms with Crippen molar-refractivity contribution in [1.82, 2.24) is 20.3 Å². The van der Waals surface area contributed by atoms with Gasteiger partial charge in [-0.15, -0.1) is 5.10 Å². The van der Waals surface area contributed by atoms with E-state index in [0.717, 1.165) is 6.42 Å². The van der Waals surface area contributed by atoms with E-state index >= 15 is 0 Å². The zero-order chi connectivity index (χ0) is 14.5. The minimum atomic E-state index is -1.00. The lowest BCUT2D eigenvalue weighted by Crippen LogP contribution is -2.51. The molecule has 0 saturated carbocycles. The van der Waals surface area contributed by atoms with E-state index in [-0.39, 0.29) is 19.0 Å². The molecule has 106 valence electrons. The van der Waals surface area contributed by atoms with Crippen LogP contribution in [0.2, 0.25) is 0 Å². The summed E-state index contributed by atoms with van der Waals surface area (Å²) < 4.78 is 1.19. The highest BCUT2D eigenvalue weighted by molar-refractivity contribution is 5.85. The molecule has 0 aromatic carbocycles. The smallest absolute Gasteiger partial charge is 0.325 e. The van der Waals surface area contributed by atoms with E-state index in [4.69, 9.17) is 10.8 Å². The van der Waals surface area contributed by atoms with E-state index in [0.29, 0.717) is 12.1 Å². The average molecular weight is 269 g/mol. The number of carboxylic acid groups (broad SMARTS) is 1. The molecular formula is C11H19N5O3. The lowest BCUT2D eigenvalue weighted by atomic mass is 9.96. The van der Waals surface area contributed by atoms with Gasteiger partial charge in [0.25, 0.3) is 0 Å². The van der Waals surface area contributed by atoms with Crippen molar-refractivity contribution in [3.8, 4) is 0 Å². The summed E-state index contributed by atoms with van der Waals surface area (Å²) in [4.78, 5) is 22.3. The maximum atomic E-state index is 11.8. The van der Waals surface area contributed by atoms with Crippen molar-refractivity contribution >= 4 is 11.9 Å². The molecule has 1 rings (SSSR count). The van der Waals surface area contributed by atoms with Crippen LogP contribution in [0.3, 0.4) is 0 Å². The number of carboxylic acids is 1. The van der Waals surface area contributed by atoms with Crippen LogP contribution >= 0.6 is 0 Å². The van der Waals surface area contributed by atoms with Gasteiger partial charge in [-0.1, -0.05) is 18.6 Å². The van der Waals surface area contributed by atoms with Crippen LogP contribution in [0.4, 0.5) is 0 Å². The number of aliphatic carboxylic acids is 1. The van der Waals surface area contributed by atoms with E-state index in [1.807, 2.05) is 6.92 Å². The van der Waals surface area contributed by atoms with Gasteiger partial charge in [-0.2, -0.15) is 0 Å². The molecule has 8 nitrogen and oxygen atoms in total. The monoisotopic (exact) mass is 269 g/mol. The molecule has 0 spiro atoms. The number of hydrogen-bond acceptors (Lipinski definition) is 5. The lowest BCUT2D eigenvalue weighted by molar-refractivity contribution is -0.138. The molecular weight excluding hydrogens is 250 g/mol. The van der Waals surface area contributed by atoms with Crippen LogP contribution in [0.15, 0.2) is 6.20 Å². The van der Waals surface area contributed by atoms with Gasteiger partial charge in [-0.3, -0.25) is 9.59 Å². The predicted octanol–water partition coefficient (Wildman–Crippen LogP) is -0.504. The molecule has 0 saturated heterocycles. The maximum Gasteiger partial charge on any atom is 0.325 e. The lowest BCUT2D eigenvalue weighted by Gasteiger charge is -2.22. The zero-order valence-electron chi connectivity index (χ0n) is 11.1. The van der Waals surface area contributed by atoms with Crippen LogP contribution in [0.5, 0.6) is 0 Å². The fourth-order valence-corrected chi connectivity index (χ4v) is 1.64. The first-order valence-corrected chi connectivity index (χ1v) is 6.03. The standard InChI is InChI=1S/C11H19N5O3/c1-3-4-11(2,12)10(19)13-5-8-6-16(15-14-8)7-9(17)18/h6H,3-5,7,12H2,1-2H3,(H,13,19)(H,17,18). The quantitative estimate of drug-likeness (QED) is 0.613. The van der Waals surface area contributed by atoms with Gasteiger partial charge >= 0.3 is 5.97 Å². The van der Waals surface area contributed by atoms with Crippen LogP contribution in [0, 0.1) is 0 Å². The first kappa shape index (κ1) is 15.1. The SMILES string of the molecule is CCCC(C)(N)C(=O)NCc1cn(CC(=O)O)nn1. The Labute approximate surface area is 111 Å². The number of nitrogens with one attached hydrogen (secondary N) is 1. The summed E-state index contributed by atoms with van der Waals surface area (Å²) in [6.45, 7) is 3.54. The van der Waals surface area contributed by atoms with Crippen molar-refractivity contribution in [3.05, 3.63) is 11.9 Å². The summed E-state index contributed by atoms with van der Waals surface area (Å²) in [5.41, 5.74) is 5.45. The van der Waals surface area contributed by atoms with E-state index in [2.05, 4.69) is 15.6 Å². The summed E-state index contributed by atoms with van der Waals surface area (Å²) in [5.74, 6) is -1.26. The van der Waals surface area contributed by atoms with Crippen LogP contribution in [0.25, 0.3) is 0 Å². The third kappa shape index (κ3) is 4.66. The summed E-state index contributed by atoms with van der Waals surface area (Å²) in [7, 11) is 0. The van der Waals surface area contributed by atoms with Crippen LogP contribution < -0.4 is 11.1 Å². The maximum absolute atomic E-state index is 11.8. The fourth-order valence-electron chi connectivity index (χ4n) is 1.64. The molecule has 0 aliphatic rings. The fraction of sp³-hybridized carbons (Fsp3) is 0.636. The minimum absolute atomic E-state index is 0.176. The van der Waals surface area contributed by atoms with Gasteiger partial charge in [0.05, 0.1) is 18.3 Å². The highest BCUT2D eigenvalue weighted by Crippen LogP contribution is 2.08. The summed E-state index contributed by atoms with van der Waals surface area (Å²) in [6, 6.07) is 0. The molecule has 4 N–H and O–H groups in total. The van der Waals surface area contributed by atoms with Gasteiger partial charge in [0.1, 0.15) is 12.2 Å². The van der Waals surface area contributed by atoms with Crippen molar-refractivity contribution in [2.45, 2.75) is 45.3 Å². The second-order valence-corrected chi connectivity index (χ2v) is 4.65. The molecule has 0 aliphatic carbocycles. The Kier molecular flexibility index (Phi) is 4.99. The number of carbonyl (C=O) groups excluding carboxylic acids is 1. The molecule has 1 heterocycles. The minimum Gasteiger partial charge on any atom is -0.480 e. The largest absolute Gasteiger partial charge is 0.480 e. The van der Waals surface area contributed by atoms with Crippen molar-refractivity contribution in [3.63, 3.8) is 0 Å². The second-order valence-electron chi connectivity index (χ2n) is 4.65. The Morgan fingerprint density at radius 1 is 1.58 bits per heavy atom. The van der Waals surface area contributed by atoms with Crippen molar-refractivity contribution < 1.29 is 14.7 Å². The highest BCUT2D eigenvalue weighted by Gasteiger charge is 2.26. The Morgan fingerprint density at radius 2 is 2.26 bits per heavy atom. The third-order valence-corrected chi connectivity index (χ3v) is 2.60. The first-order valence-electron chi connectivity index (χ1n) is 6.03. The van der Waals surface area contributed by atoms with Crippen LogP contribution in [-0.4, -0.2) is 37.5 Å². The van der Waals surface area contributed by atoms with Gasteiger partial charge in [0, 0.05) is 0 Å². The number of rotatable bonds is 7. The van der Waals surface area contributed by atoms with Gasteiger partial charge in [0.2, 0.25) is 5.91 Å². The number of aromatic nitrogens is 3. The van der Waals surface area contributed by atoms with Gasteiger partial charge in [0.15, 0.2) is 0 Å². The zero-order valence-corrected chi connectivity index (χ0v) is 11.1. The molecule has 1 unspecified atom stereocenters. The van der Waals surface area contributed by atoms with E-state index in [9.17, 15) is 9.59 Å². The van der Waals surface area contributed by atoms with Crippen molar-refractivity contribution in [2.24, 2.45) is 5.73 Å². The molecule has 0 aliphatic heterocycles. The van der Waals surface area contributed by atoms with E-state index in [1.165, 1.54) is 10.9 Å². The number of nitrogens with two attached hydrogens (primary N) is 1. The molecule has 0 radical (unpaired) electrons. The number of amides is 1. The Hall–Kier alpha value is -1.96. The molecule has 8 heteroatoms. The summed E-state index contributed by atoms with van der Waals surface area (Å²) in [6.07, 6.45) is 2.88. The van der Waals surface area contributed by atoms with Gasteiger partial charge < -0.3 is 16.2 Å². The molecule has 1 aromatic rings. The molecule has 1 atom stereocenters. The third-order valence-electron chi connectivity index (χ3n) is 2.60. The Morgan fingerprint density at radius 3 is 2.84 bits per heavy atom. The normalized spacial score (nSPS) is 13.8. The number of carbonyl (C=O) groups is 2. The second kappa shape index (κ2) is 6.28. The van der Waals surface area contributed by atoms with E-state index in [1.54, 1.807) is 6.92 Å². The molecule has 1 amide bonds. The molecule has 0 bridgehead atoms. The van der Waals surface area contributed by atoms with Crippen molar-refractivity contribution in [2.75, 3.05) is 0 Å². The molecule has 1 aromatic heterocycles. The predicted molar refractivity (Wildman–Crippen MR) is 67.0 cm³/mol. The average Bonchev–Trinajstić information content (AvgIpc) is 2.72. The van der Waals surface area contributed by atoms with Gasteiger partial charge in [-0.25, -0.2) is 4.68 Å². The summed E-state index contributed by atoms with van der Waals surface area (Å²) >= 11 is 0. The number of nitrogens with zero attached hydrogens (tertiary/aromatic N) is 3. The van der Waals surface area contributed by atoms with Crippen LogP contribution in [-0.2, 0) is 22.7 Å². The first-order chi connectivity index (χ1) is 8.85.